The van der Waals surface area contributed by atoms with Crippen molar-refractivity contribution in [2.75, 3.05) is 29.5 Å². The van der Waals surface area contributed by atoms with E-state index in [1.165, 1.54) is 11.0 Å². The van der Waals surface area contributed by atoms with Crippen LogP contribution in [-0.4, -0.2) is 19.5 Å². The fraction of sp³-hybridized carbons (Fsp3) is 0.133. The lowest BCUT2D eigenvalue weighted by Gasteiger charge is -2.19. The van der Waals surface area contributed by atoms with Gasteiger partial charge in [0.05, 0.1) is 22.9 Å². The minimum Gasteiger partial charge on any atom is -0.399 e. The van der Waals surface area contributed by atoms with Gasteiger partial charge in [0.1, 0.15) is 5.82 Å². The molecular weight excluding hydrogens is 293 g/mol. The Hall–Kier alpha value is -2.27. The highest BCUT2D eigenvalue weighted by Crippen LogP contribution is 2.24. The molecule has 0 aliphatic rings. The number of likely N-dealkylation sites (N-methyl/N-ethyl adjacent to an activating group) is 1. The molecule has 3 N–H and O–H groups in total. The molecule has 0 heterocycles. The first kappa shape index (κ1) is 15.1. The van der Waals surface area contributed by atoms with Gasteiger partial charge in [-0.15, -0.1) is 0 Å². The lowest BCUT2D eigenvalue weighted by atomic mass is 10.2. The van der Waals surface area contributed by atoms with Crippen LogP contribution in [0.25, 0.3) is 0 Å². The molecule has 6 heteroatoms. The quantitative estimate of drug-likeness (QED) is 0.853. The van der Waals surface area contributed by atoms with Crippen LogP contribution in [-0.2, 0) is 4.79 Å². The lowest BCUT2D eigenvalue weighted by Crippen LogP contribution is -2.30. The van der Waals surface area contributed by atoms with Gasteiger partial charge in [-0.3, -0.25) is 4.79 Å². The van der Waals surface area contributed by atoms with Gasteiger partial charge in [0.2, 0.25) is 5.91 Å². The molecule has 0 radical (unpaired) electrons. The number of halogens is 2. The molecular formula is C15H15ClFN3O. The van der Waals surface area contributed by atoms with Crippen LogP contribution in [0.3, 0.4) is 0 Å². The molecule has 0 fully saturated rings. The van der Waals surface area contributed by atoms with Gasteiger partial charge in [-0.25, -0.2) is 4.39 Å². The fourth-order valence-corrected chi connectivity index (χ4v) is 2.06. The predicted molar refractivity (Wildman–Crippen MR) is 84.2 cm³/mol. The molecule has 0 atom stereocenters. The summed E-state index contributed by atoms with van der Waals surface area (Å²) in [7, 11) is 1.64. The van der Waals surface area contributed by atoms with Gasteiger partial charge in [-0.1, -0.05) is 23.7 Å². The topological polar surface area (TPSA) is 58.4 Å². The summed E-state index contributed by atoms with van der Waals surface area (Å²) in [6.07, 6.45) is 0. The lowest BCUT2D eigenvalue weighted by molar-refractivity contribution is -0.114. The summed E-state index contributed by atoms with van der Waals surface area (Å²) < 4.78 is 13.6. The molecule has 2 rings (SSSR count). The van der Waals surface area contributed by atoms with Crippen LogP contribution >= 0.6 is 11.6 Å². The van der Waals surface area contributed by atoms with Gasteiger partial charge in [0.25, 0.3) is 0 Å². The van der Waals surface area contributed by atoms with Crippen molar-refractivity contribution in [2.24, 2.45) is 0 Å². The number of nitrogens with two attached hydrogens (primary N) is 1. The Morgan fingerprint density at radius 2 is 2.05 bits per heavy atom. The summed E-state index contributed by atoms with van der Waals surface area (Å²) in [5.41, 5.74) is 6.93. The van der Waals surface area contributed by atoms with Gasteiger partial charge in [0, 0.05) is 12.7 Å². The molecule has 0 aliphatic carbocycles. The molecule has 0 aliphatic heterocycles. The Bertz CT molecular complexity index is 663. The standard InChI is InChI=1S/C15H15ClFN3O/c1-20(14-5-3-2-4-12(14)17)9-15(21)19-13-8-10(18)6-7-11(13)16/h2-8H,9,18H2,1H3,(H,19,21). The third-order valence-corrected chi connectivity index (χ3v) is 3.24. The first-order valence-electron chi connectivity index (χ1n) is 6.28. The maximum atomic E-state index is 13.6. The van der Waals surface area contributed by atoms with Crippen LogP contribution in [0.1, 0.15) is 0 Å². The van der Waals surface area contributed by atoms with E-state index in [1.54, 1.807) is 43.4 Å². The average Bonchev–Trinajstić information content (AvgIpc) is 2.43. The van der Waals surface area contributed by atoms with E-state index >= 15 is 0 Å². The number of carbonyl (C=O) groups excluding carboxylic acids is 1. The highest BCUT2D eigenvalue weighted by Gasteiger charge is 2.12. The summed E-state index contributed by atoms with van der Waals surface area (Å²) in [5.74, 6) is -0.692. The van der Waals surface area contributed by atoms with Crippen molar-refractivity contribution in [1.29, 1.82) is 0 Å². The molecule has 21 heavy (non-hydrogen) atoms. The van der Waals surface area contributed by atoms with E-state index in [0.717, 1.165) is 0 Å². The van der Waals surface area contributed by atoms with Crippen molar-refractivity contribution in [3.63, 3.8) is 0 Å². The zero-order valence-electron chi connectivity index (χ0n) is 11.4. The fourth-order valence-electron chi connectivity index (χ4n) is 1.89. The number of benzene rings is 2. The zero-order chi connectivity index (χ0) is 15.4. The first-order valence-corrected chi connectivity index (χ1v) is 6.65. The number of carbonyl (C=O) groups is 1. The number of para-hydroxylation sites is 1. The molecule has 2 aromatic carbocycles. The average molecular weight is 308 g/mol. The van der Waals surface area contributed by atoms with Crippen molar-refractivity contribution in [3.8, 4) is 0 Å². The van der Waals surface area contributed by atoms with Crippen molar-refractivity contribution in [1.82, 2.24) is 0 Å². The minimum absolute atomic E-state index is 0.00788. The van der Waals surface area contributed by atoms with Crippen LogP contribution < -0.4 is 16.0 Å². The summed E-state index contributed by atoms with van der Waals surface area (Å²) in [6, 6.07) is 11.1. The zero-order valence-corrected chi connectivity index (χ0v) is 12.2. The summed E-state index contributed by atoms with van der Waals surface area (Å²) >= 11 is 5.98. The Labute approximate surface area is 127 Å². The van der Waals surface area contributed by atoms with Crippen LogP contribution in [0.15, 0.2) is 42.5 Å². The SMILES string of the molecule is CN(CC(=O)Nc1cc(N)ccc1Cl)c1ccccc1F. The summed E-state index contributed by atoms with van der Waals surface area (Å²) in [5, 5.41) is 3.05. The van der Waals surface area contributed by atoms with Crippen LogP contribution in [0.5, 0.6) is 0 Å². The number of nitrogen functional groups attached to an aromatic ring is 1. The van der Waals surface area contributed by atoms with Gasteiger partial charge >= 0.3 is 0 Å². The van der Waals surface area contributed by atoms with Gasteiger partial charge in [0.15, 0.2) is 0 Å². The predicted octanol–water partition coefficient (Wildman–Crippen LogP) is 3.14. The van der Waals surface area contributed by atoms with E-state index in [4.69, 9.17) is 17.3 Å². The molecule has 0 aromatic heterocycles. The van der Waals surface area contributed by atoms with E-state index in [1.807, 2.05) is 0 Å². The van der Waals surface area contributed by atoms with Crippen LogP contribution in [0.4, 0.5) is 21.5 Å². The van der Waals surface area contributed by atoms with E-state index < -0.39 is 0 Å². The molecule has 0 bridgehead atoms. The van der Waals surface area contributed by atoms with E-state index in [2.05, 4.69) is 5.32 Å². The van der Waals surface area contributed by atoms with Crippen molar-refractivity contribution in [3.05, 3.63) is 53.3 Å². The number of nitrogens with zero attached hydrogens (tertiary/aromatic N) is 1. The maximum Gasteiger partial charge on any atom is 0.243 e. The molecule has 1 amide bonds. The Morgan fingerprint density at radius 3 is 2.76 bits per heavy atom. The third kappa shape index (κ3) is 3.86. The van der Waals surface area contributed by atoms with E-state index in [-0.39, 0.29) is 18.3 Å². The largest absolute Gasteiger partial charge is 0.399 e. The normalized spacial score (nSPS) is 10.2. The van der Waals surface area contributed by atoms with Crippen molar-refractivity contribution in [2.45, 2.75) is 0 Å². The molecule has 0 unspecified atom stereocenters. The van der Waals surface area contributed by atoms with E-state index in [9.17, 15) is 9.18 Å². The van der Waals surface area contributed by atoms with Gasteiger partial charge in [-0.05, 0) is 30.3 Å². The molecule has 0 saturated heterocycles. The Balaban J connectivity index is 2.05. The minimum atomic E-state index is -0.380. The first-order chi connectivity index (χ1) is 9.97. The Morgan fingerprint density at radius 1 is 1.33 bits per heavy atom. The van der Waals surface area contributed by atoms with Crippen molar-refractivity contribution < 1.29 is 9.18 Å². The van der Waals surface area contributed by atoms with Crippen molar-refractivity contribution >= 4 is 34.6 Å². The second-order valence-corrected chi connectivity index (χ2v) is 5.00. The number of hydrogen-bond donors (Lipinski definition) is 2. The second-order valence-electron chi connectivity index (χ2n) is 4.59. The molecule has 0 spiro atoms. The second kappa shape index (κ2) is 6.45. The maximum absolute atomic E-state index is 13.6. The monoisotopic (exact) mass is 307 g/mol. The summed E-state index contributed by atoms with van der Waals surface area (Å²) in [4.78, 5) is 13.5. The Kier molecular flexibility index (Phi) is 4.65. The highest BCUT2D eigenvalue weighted by molar-refractivity contribution is 6.33. The third-order valence-electron chi connectivity index (χ3n) is 2.91. The van der Waals surface area contributed by atoms with Crippen LogP contribution in [0.2, 0.25) is 5.02 Å². The number of amides is 1. The smallest absolute Gasteiger partial charge is 0.243 e. The number of rotatable bonds is 4. The van der Waals surface area contributed by atoms with E-state index in [0.29, 0.717) is 22.1 Å². The number of anilines is 3. The molecule has 110 valence electrons. The van der Waals surface area contributed by atoms with Crippen LogP contribution in [0, 0.1) is 5.82 Å². The van der Waals surface area contributed by atoms with Gasteiger partial charge < -0.3 is 16.0 Å². The van der Waals surface area contributed by atoms with Gasteiger partial charge in [-0.2, -0.15) is 0 Å². The number of hydrogen-bond acceptors (Lipinski definition) is 3. The summed E-state index contributed by atoms with van der Waals surface area (Å²) in [6.45, 7) is -0.00788. The molecule has 4 nitrogen and oxygen atoms in total. The molecule has 2 aromatic rings. The highest BCUT2D eigenvalue weighted by atomic mass is 35.5. The number of nitrogens with one attached hydrogen (secondary N) is 1. The molecule has 0 saturated carbocycles.